The molecule has 0 aromatic heterocycles. The summed E-state index contributed by atoms with van der Waals surface area (Å²) in [7, 11) is 0. The van der Waals surface area contributed by atoms with Gasteiger partial charge in [-0.1, -0.05) is 0 Å². The Morgan fingerprint density at radius 3 is 2.47 bits per heavy atom. The van der Waals surface area contributed by atoms with Gasteiger partial charge in [0.25, 0.3) is 0 Å². The van der Waals surface area contributed by atoms with Crippen LogP contribution >= 0.6 is 11.8 Å². The second-order valence-electron chi connectivity index (χ2n) is 4.32. The van der Waals surface area contributed by atoms with Crippen LogP contribution in [0.15, 0.2) is 29.2 Å². The Balaban J connectivity index is 2.57. The fourth-order valence-electron chi connectivity index (χ4n) is 1.20. The van der Waals surface area contributed by atoms with Crippen LogP contribution in [-0.4, -0.2) is 18.8 Å². The molecule has 4 nitrogen and oxygen atoms in total. The molecule has 1 rings (SSSR count). The highest BCUT2D eigenvalue weighted by Gasteiger charge is 2.27. The summed E-state index contributed by atoms with van der Waals surface area (Å²) in [4.78, 5) is 12.6. The summed E-state index contributed by atoms with van der Waals surface area (Å²) in [5, 5.41) is 0. The lowest BCUT2D eigenvalue weighted by atomic mass is 9.94. The fraction of sp³-hybridized carbons (Fsp3) is 0.417. The van der Waals surface area contributed by atoms with E-state index < -0.39 is 5.41 Å². The Morgan fingerprint density at radius 2 is 2.00 bits per heavy atom. The van der Waals surface area contributed by atoms with Gasteiger partial charge in [-0.25, -0.2) is 5.84 Å². The van der Waals surface area contributed by atoms with Crippen LogP contribution in [0, 0.1) is 5.41 Å². The molecule has 0 aliphatic rings. The van der Waals surface area contributed by atoms with Crippen molar-refractivity contribution in [1.29, 1.82) is 0 Å². The van der Waals surface area contributed by atoms with Crippen molar-refractivity contribution >= 4 is 17.7 Å². The summed E-state index contributed by atoms with van der Waals surface area (Å²) < 4.78 is 5.57. The minimum absolute atomic E-state index is 0.238. The Labute approximate surface area is 106 Å². The Hall–Kier alpha value is -1.20. The van der Waals surface area contributed by atoms with Crippen molar-refractivity contribution in [3.63, 3.8) is 0 Å². The zero-order valence-corrected chi connectivity index (χ0v) is 11.1. The van der Waals surface area contributed by atoms with E-state index in [1.165, 1.54) is 4.90 Å². The van der Waals surface area contributed by atoms with Crippen LogP contribution < -0.4 is 16.0 Å². The number of ether oxygens (including phenoxy) is 1. The van der Waals surface area contributed by atoms with Crippen LogP contribution in [0.4, 0.5) is 0 Å². The van der Waals surface area contributed by atoms with Crippen LogP contribution in [0.1, 0.15) is 13.8 Å². The van der Waals surface area contributed by atoms with Crippen molar-refractivity contribution in [2.24, 2.45) is 11.3 Å². The van der Waals surface area contributed by atoms with Gasteiger partial charge in [-0.3, -0.25) is 10.2 Å². The quantitative estimate of drug-likeness (QED) is 0.364. The predicted octanol–water partition coefficient (Wildman–Crippen LogP) is 1.80. The molecule has 17 heavy (non-hydrogen) atoms. The molecule has 0 spiro atoms. The number of nitrogens with two attached hydrogens (primary N) is 1. The zero-order valence-electron chi connectivity index (χ0n) is 10.3. The molecule has 0 aliphatic heterocycles. The van der Waals surface area contributed by atoms with E-state index in [2.05, 4.69) is 5.43 Å². The molecule has 0 heterocycles. The Bertz CT molecular complexity index is 377. The molecule has 0 bridgehead atoms. The highest BCUT2D eigenvalue weighted by molar-refractivity contribution is 7.98. The van der Waals surface area contributed by atoms with Crippen LogP contribution in [0.3, 0.4) is 0 Å². The summed E-state index contributed by atoms with van der Waals surface area (Å²) in [5.74, 6) is 5.62. The van der Waals surface area contributed by atoms with E-state index in [0.717, 1.165) is 5.75 Å². The molecule has 0 atom stereocenters. The number of benzene rings is 1. The maximum Gasteiger partial charge on any atom is 0.242 e. The molecule has 0 saturated carbocycles. The minimum atomic E-state index is -0.646. The SMILES string of the molecule is CSc1ccc(OCC(C)(C)C(=O)NN)cc1. The van der Waals surface area contributed by atoms with Gasteiger partial charge < -0.3 is 4.74 Å². The summed E-state index contributed by atoms with van der Waals surface area (Å²) in [6, 6.07) is 7.75. The molecule has 0 unspecified atom stereocenters. The van der Waals surface area contributed by atoms with Gasteiger partial charge in [0, 0.05) is 4.90 Å². The van der Waals surface area contributed by atoms with Crippen molar-refractivity contribution in [1.82, 2.24) is 5.43 Å². The summed E-state index contributed by atoms with van der Waals surface area (Å²) in [6.07, 6.45) is 2.02. The third kappa shape index (κ3) is 3.94. The van der Waals surface area contributed by atoms with E-state index in [-0.39, 0.29) is 12.5 Å². The molecule has 5 heteroatoms. The van der Waals surface area contributed by atoms with Gasteiger partial charge in [0.15, 0.2) is 0 Å². The van der Waals surface area contributed by atoms with Crippen molar-refractivity contribution in [3.8, 4) is 5.75 Å². The average Bonchev–Trinajstić information content (AvgIpc) is 2.36. The summed E-state index contributed by atoms with van der Waals surface area (Å²) in [6.45, 7) is 3.85. The number of amides is 1. The third-order valence-corrected chi connectivity index (χ3v) is 3.15. The lowest BCUT2D eigenvalue weighted by Gasteiger charge is -2.22. The summed E-state index contributed by atoms with van der Waals surface area (Å²) >= 11 is 1.67. The van der Waals surface area contributed by atoms with Gasteiger partial charge in [-0.05, 0) is 44.4 Å². The molecule has 1 aromatic rings. The lowest BCUT2D eigenvalue weighted by Crippen LogP contribution is -2.44. The molecule has 1 aromatic carbocycles. The minimum Gasteiger partial charge on any atom is -0.492 e. The van der Waals surface area contributed by atoms with Crippen LogP contribution in [-0.2, 0) is 4.79 Å². The number of carbonyl (C=O) groups excluding carboxylic acids is 1. The topological polar surface area (TPSA) is 64.3 Å². The number of hydrogen-bond donors (Lipinski definition) is 2. The molecule has 94 valence electrons. The molecule has 3 N–H and O–H groups in total. The van der Waals surface area contributed by atoms with E-state index in [1.54, 1.807) is 25.6 Å². The molecule has 0 aliphatic carbocycles. The van der Waals surface area contributed by atoms with E-state index in [4.69, 9.17) is 10.6 Å². The van der Waals surface area contributed by atoms with Gasteiger partial charge in [-0.15, -0.1) is 11.8 Å². The van der Waals surface area contributed by atoms with E-state index in [1.807, 2.05) is 30.5 Å². The molecule has 0 saturated heterocycles. The number of thioether (sulfide) groups is 1. The van der Waals surface area contributed by atoms with E-state index in [9.17, 15) is 4.79 Å². The van der Waals surface area contributed by atoms with Gasteiger partial charge in [0.05, 0.1) is 5.41 Å². The lowest BCUT2D eigenvalue weighted by molar-refractivity contribution is -0.130. The first kappa shape index (κ1) is 13.9. The molecule has 1 amide bonds. The number of rotatable bonds is 5. The van der Waals surface area contributed by atoms with Crippen molar-refractivity contribution in [2.45, 2.75) is 18.7 Å². The van der Waals surface area contributed by atoms with Gasteiger partial charge in [0.1, 0.15) is 12.4 Å². The number of carbonyl (C=O) groups is 1. The second-order valence-corrected chi connectivity index (χ2v) is 5.20. The maximum absolute atomic E-state index is 11.4. The van der Waals surface area contributed by atoms with E-state index in [0.29, 0.717) is 0 Å². The molecule has 0 radical (unpaired) electrons. The Kier molecular flexibility index (Phi) is 4.84. The number of hydrogen-bond acceptors (Lipinski definition) is 4. The van der Waals surface area contributed by atoms with Crippen LogP contribution in [0.2, 0.25) is 0 Å². The standard InChI is InChI=1S/C12H18N2O2S/c1-12(2,11(15)14-13)8-16-9-4-6-10(17-3)7-5-9/h4-7H,8,13H2,1-3H3,(H,14,15). The largest absolute Gasteiger partial charge is 0.492 e. The molecule has 0 fully saturated rings. The monoisotopic (exact) mass is 254 g/mol. The van der Waals surface area contributed by atoms with Crippen molar-refractivity contribution < 1.29 is 9.53 Å². The van der Waals surface area contributed by atoms with Gasteiger partial charge in [0.2, 0.25) is 5.91 Å². The van der Waals surface area contributed by atoms with Crippen LogP contribution in [0.25, 0.3) is 0 Å². The second kappa shape index (κ2) is 5.93. The fourth-order valence-corrected chi connectivity index (χ4v) is 1.60. The first-order valence-electron chi connectivity index (χ1n) is 5.27. The van der Waals surface area contributed by atoms with Gasteiger partial charge in [-0.2, -0.15) is 0 Å². The Morgan fingerprint density at radius 1 is 1.41 bits per heavy atom. The normalized spacial score (nSPS) is 11.1. The smallest absolute Gasteiger partial charge is 0.242 e. The van der Waals surface area contributed by atoms with Crippen LogP contribution in [0.5, 0.6) is 5.75 Å². The highest BCUT2D eigenvalue weighted by Crippen LogP contribution is 2.21. The first-order chi connectivity index (χ1) is 7.99. The first-order valence-corrected chi connectivity index (χ1v) is 6.50. The third-order valence-electron chi connectivity index (χ3n) is 2.40. The molecular formula is C12H18N2O2S. The summed E-state index contributed by atoms with van der Waals surface area (Å²) in [5.41, 5.74) is 1.49. The van der Waals surface area contributed by atoms with Crippen molar-refractivity contribution in [3.05, 3.63) is 24.3 Å². The maximum atomic E-state index is 11.4. The predicted molar refractivity (Wildman–Crippen MR) is 69.8 cm³/mol. The molecular weight excluding hydrogens is 236 g/mol. The number of nitrogens with one attached hydrogen (secondary N) is 1. The van der Waals surface area contributed by atoms with E-state index >= 15 is 0 Å². The highest BCUT2D eigenvalue weighted by atomic mass is 32.2. The van der Waals surface area contributed by atoms with Gasteiger partial charge >= 0.3 is 0 Å². The average molecular weight is 254 g/mol. The number of hydrazine groups is 1. The van der Waals surface area contributed by atoms with Crippen molar-refractivity contribution in [2.75, 3.05) is 12.9 Å². The zero-order chi connectivity index (χ0) is 12.9.